The van der Waals surface area contributed by atoms with Gasteiger partial charge in [0.25, 0.3) is 0 Å². The predicted molar refractivity (Wildman–Crippen MR) is 89.7 cm³/mol. The van der Waals surface area contributed by atoms with Gasteiger partial charge in [-0.05, 0) is 40.0 Å². The van der Waals surface area contributed by atoms with Gasteiger partial charge in [-0.1, -0.05) is 5.16 Å². The Kier molecular flexibility index (Phi) is 4.80. The molecule has 2 aromatic heterocycles. The van der Waals surface area contributed by atoms with Gasteiger partial charge in [0, 0.05) is 42.1 Å². The maximum Gasteiger partial charge on any atom is 0.222 e. The highest BCUT2D eigenvalue weighted by Crippen LogP contribution is 2.30. The number of piperidine rings is 1. The van der Waals surface area contributed by atoms with Gasteiger partial charge in [-0.3, -0.25) is 4.79 Å². The Balaban J connectivity index is 1.59. The minimum Gasteiger partial charge on any atom is -0.361 e. The monoisotopic (exact) mass is 333 g/mol. The van der Waals surface area contributed by atoms with Crippen molar-refractivity contribution in [2.75, 3.05) is 13.1 Å². The number of carbonyl (C=O) groups excluding carboxylic acids is 1. The number of aromatic nitrogens is 2. The summed E-state index contributed by atoms with van der Waals surface area (Å²) in [5.74, 6) is 1.44. The van der Waals surface area contributed by atoms with E-state index in [9.17, 15) is 4.79 Å². The van der Waals surface area contributed by atoms with Gasteiger partial charge in [-0.15, -0.1) is 11.3 Å². The van der Waals surface area contributed by atoms with E-state index in [-0.39, 0.29) is 5.91 Å². The maximum absolute atomic E-state index is 12.6. The van der Waals surface area contributed by atoms with Crippen LogP contribution in [-0.4, -0.2) is 34.0 Å². The molecule has 1 fully saturated rings. The number of aryl methyl sites for hydroxylation is 3. The van der Waals surface area contributed by atoms with E-state index in [1.54, 1.807) is 11.3 Å². The molecule has 0 radical (unpaired) electrons. The standard InChI is InChI=1S/C17H23N3O2S/c1-11-9-18-17(23-11)14-5-4-8-20(10-14)16(21)7-6-15-12(2)19-22-13(15)3/h9,14H,4-8,10H2,1-3H3/t14-/m0/s1. The second kappa shape index (κ2) is 6.83. The lowest BCUT2D eigenvalue weighted by Crippen LogP contribution is -2.39. The Morgan fingerprint density at radius 1 is 1.43 bits per heavy atom. The SMILES string of the molecule is Cc1cnc([C@H]2CCCN(C(=O)CCc3c(C)noc3C)C2)s1. The fourth-order valence-electron chi connectivity index (χ4n) is 3.22. The first kappa shape index (κ1) is 16.2. The van der Waals surface area contributed by atoms with E-state index in [1.165, 1.54) is 9.88 Å². The van der Waals surface area contributed by atoms with Crippen LogP contribution in [0.2, 0.25) is 0 Å². The van der Waals surface area contributed by atoms with Crippen LogP contribution < -0.4 is 0 Å². The van der Waals surface area contributed by atoms with Gasteiger partial charge < -0.3 is 9.42 Å². The first-order valence-corrected chi connectivity index (χ1v) is 8.98. The number of hydrogen-bond donors (Lipinski definition) is 0. The van der Waals surface area contributed by atoms with Crippen LogP contribution in [0.15, 0.2) is 10.7 Å². The Morgan fingerprint density at radius 3 is 2.91 bits per heavy atom. The first-order chi connectivity index (χ1) is 11.0. The molecule has 3 heterocycles. The molecule has 0 unspecified atom stereocenters. The molecule has 0 bridgehead atoms. The van der Waals surface area contributed by atoms with E-state index in [2.05, 4.69) is 17.1 Å². The van der Waals surface area contributed by atoms with Gasteiger partial charge in [0.2, 0.25) is 5.91 Å². The van der Waals surface area contributed by atoms with Crippen molar-refractivity contribution in [3.8, 4) is 0 Å². The van der Waals surface area contributed by atoms with Gasteiger partial charge in [-0.25, -0.2) is 4.98 Å². The lowest BCUT2D eigenvalue weighted by Gasteiger charge is -2.32. The van der Waals surface area contributed by atoms with Crippen LogP contribution in [0.1, 0.15) is 52.1 Å². The molecular weight excluding hydrogens is 310 g/mol. The summed E-state index contributed by atoms with van der Waals surface area (Å²) in [7, 11) is 0. The molecule has 0 N–H and O–H groups in total. The number of amides is 1. The fourth-order valence-corrected chi connectivity index (χ4v) is 4.11. The second-order valence-electron chi connectivity index (χ2n) is 6.29. The minimum absolute atomic E-state index is 0.225. The van der Waals surface area contributed by atoms with Gasteiger partial charge in [-0.2, -0.15) is 0 Å². The number of carbonyl (C=O) groups is 1. The van der Waals surface area contributed by atoms with E-state index in [0.29, 0.717) is 18.8 Å². The molecule has 0 aliphatic carbocycles. The summed E-state index contributed by atoms with van der Waals surface area (Å²) in [6, 6.07) is 0. The Labute approximate surface area is 140 Å². The molecule has 2 aromatic rings. The van der Waals surface area contributed by atoms with Gasteiger partial charge >= 0.3 is 0 Å². The molecule has 6 heteroatoms. The molecule has 1 saturated heterocycles. The highest BCUT2D eigenvalue weighted by molar-refractivity contribution is 7.11. The summed E-state index contributed by atoms with van der Waals surface area (Å²) < 4.78 is 5.17. The van der Waals surface area contributed by atoms with E-state index in [4.69, 9.17) is 4.52 Å². The third kappa shape index (κ3) is 3.63. The van der Waals surface area contributed by atoms with Crippen LogP contribution in [-0.2, 0) is 11.2 Å². The molecule has 1 aliphatic rings. The van der Waals surface area contributed by atoms with Crippen molar-refractivity contribution in [2.24, 2.45) is 0 Å². The van der Waals surface area contributed by atoms with Crippen LogP contribution in [0, 0.1) is 20.8 Å². The van der Waals surface area contributed by atoms with Gasteiger partial charge in [0.1, 0.15) is 5.76 Å². The van der Waals surface area contributed by atoms with Crippen molar-refractivity contribution in [2.45, 2.75) is 52.4 Å². The molecular formula is C17H23N3O2S. The molecule has 1 atom stereocenters. The van der Waals surface area contributed by atoms with Crippen molar-refractivity contribution in [3.05, 3.63) is 33.1 Å². The normalized spacial score (nSPS) is 18.4. The second-order valence-corrected chi connectivity index (χ2v) is 7.56. The third-order valence-electron chi connectivity index (χ3n) is 4.53. The summed E-state index contributed by atoms with van der Waals surface area (Å²) in [6.07, 6.45) is 5.34. The van der Waals surface area contributed by atoms with Crippen molar-refractivity contribution in [1.29, 1.82) is 0 Å². The minimum atomic E-state index is 0.225. The number of thiazole rings is 1. The Morgan fingerprint density at radius 2 is 2.26 bits per heavy atom. The molecule has 5 nitrogen and oxygen atoms in total. The summed E-state index contributed by atoms with van der Waals surface area (Å²) in [5.41, 5.74) is 1.97. The molecule has 3 rings (SSSR count). The van der Waals surface area contributed by atoms with Crippen molar-refractivity contribution in [3.63, 3.8) is 0 Å². The van der Waals surface area contributed by atoms with Crippen LogP contribution in [0.4, 0.5) is 0 Å². The summed E-state index contributed by atoms with van der Waals surface area (Å²) in [4.78, 5) is 20.3. The summed E-state index contributed by atoms with van der Waals surface area (Å²) in [5, 5.41) is 5.13. The number of nitrogens with zero attached hydrogens (tertiary/aromatic N) is 3. The van der Waals surface area contributed by atoms with Crippen LogP contribution >= 0.6 is 11.3 Å². The number of rotatable bonds is 4. The largest absolute Gasteiger partial charge is 0.361 e. The third-order valence-corrected chi connectivity index (χ3v) is 5.61. The Hall–Kier alpha value is -1.69. The molecule has 23 heavy (non-hydrogen) atoms. The van der Waals surface area contributed by atoms with Gasteiger partial charge in [0.05, 0.1) is 10.7 Å². The smallest absolute Gasteiger partial charge is 0.222 e. The van der Waals surface area contributed by atoms with Crippen LogP contribution in [0.5, 0.6) is 0 Å². The number of hydrogen-bond acceptors (Lipinski definition) is 5. The van der Waals surface area contributed by atoms with Crippen LogP contribution in [0.25, 0.3) is 0 Å². The topological polar surface area (TPSA) is 59.2 Å². The lowest BCUT2D eigenvalue weighted by atomic mass is 9.98. The first-order valence-electron chi connectivity index (χ1n) is 8.16. The van der Waals surface area contributed by atoms with E-state index in [1.807, 2.05) is 24.9 Å². The zero-order valence-electron chi connectivity index (χ0n) is 14.0. The summed E-state index contributed by atoms with van der Waals surface area (Å²) >= 11 is 1.75. The lowest BCUT2D eigenvalue weighted by molar-refractivity contribution is -0.132. The van der Waals surface area contributed by atoms with Gasteiger partial charge in [0.15, 0.2) is 0 Å². The Bertz CT molecular complexity index is 672. The van der Waals surface area contributed by atoms with Crippen molar-refractivity contribution < 1.29 is 9.32 Å². The van der Waals surface area contributed by atoms with Crippen molar-refractivity contribution >= 4 is 17.2 Å². The highest BCUT2D eigenvalue weighted by Gasteiger charge is 2.26. The average Bonchev–Trinajstić information content (AvgIpc) is 3.12. The molecule has 124 valence electrons. The zero-order valence-corrected chi connectivity index (χ0v) is 14.8. The van der Waals surface area contributed by atoms with Crippen molar-refractivity contribution in [1.82, 2.24) is 15.0 Å². The molecule has 1 aliphatic heterocycles. The maximum atomic E-state index is 12.6. The molecule has 1 amide bonds. The van der Waals surface area contributed by atoms with E-state index in [0.717, 1.165) is 42.9 Å². The average molecular weight is 333 g/mol. The zero-order chi connectivity index (χ0) is 16.4. The molecule has 0 aromatic carbocycles. The molecule has 0 spiro atoms. The fraction of sp³-hybridized carbons (Fsp3) is 0.588. The predicted octanol–water partition coefficient (Wildman–Crippen LogP) is 3.40. The number of likely N-dealkylation sites (tertiary alicyclic amines) is 1. The molecule has 0 saturated carbocycles. The van der Waals surface area contributed by atoms with E-state index >= 15 is 0 Å². The summed E-state index contributed by atoms with van der Waals surface area (Å²) in [6.45, 7) is 7.57. The van der Waals surface area contributed by atoms with Crippen LogP contribution in [0.3, 0.4) is 0 Å². The highest BCUT2D eigenvalue weighted by atomic mass is 32.1. The quantitative estimate of drug-likeness (QED) is 0.860. The van der Waals surface area contributed by atoms with E-state index < -0.39 is 0 Å².